The van der Waals surface area contributed by atoms with Crippen LogP contribution in [0.1, 0.15) is 28.8 Å². The van der Waals surface area contributed by atoms with Crippen LogP contribution in [0, 0.1) is 0 Å². The summed E-state index contributed by atoms with van der Waals surface area (Å²) < 4.78 is 0. The van der Waals surface area contributed by atoms with E-state index in [1.807, 2.05) is 30.3 Å². The molecular weight excluding hydrogens is 234 g/mol. The average Bonchev–Trinajstić information content (AvgIpc) is 2.47. The molecule has 1 aliphatic rings. The molecule has 2 aromatic carbocycles. The third kappa shape index (κ3) is 2.29. The molecule has 0 aromatic heterocycles. The van der Waals surface area contributed by atoms with E-state index in [1.165, 1.54) is 11.1 Å². The first kappa shape index (κ1) is 12.4. The average molecular weight is 253 g/mol. The van der Waals surface area contributed by atoms with Crippen LogP contribution in [0.4, 0.5) is 0 Å². The molecule has 0 bridgehead atoms. The van der Waals surface area contributed by atoms with Gasteiger partial charge < -0.3 is 5.11 Å². The van der Waals surface area contributed by atoms with E-state index in [0.29, 0.717) is 0 Å². The lowest BCUT2D eigenvalue weighted by Gasteiger charge is -2.37. The van der Waals surface area contributed by atoms with Crippen molar-refractivity contribution < 1.29 is 5.11 Å². The summed E-state index contributed by atoms with van der Waals surface area (Å²) >= 11 is 0. The Balaban J connectivity index is 2.00. The molecule has 1 heterocycles. The Morgan fingerprint density at radius 3 is 2.53 bits per heavy atom. The van der Waals surface area contributed by atoms with Gasteiger partial charge >= 0.3 is 0 Å². The van der Waals surface area contributed by atoms with Gasteiger partial charge in [-0.15, -0.1) is 0 Å². The Kier molecular flexibility index (Phi) is 3.36. The molecule has 2 heteroatoms. The molecule has 1 aliphatic heterocycles. The molecule has 0 fully saturated rings. The van der Waals surface area contributed by atoms with Gasteiger partial charge in [-0.3, -0.25) is 4.90 Å². The normalized spacial score (nSPS) is 20.8. The maximum absolute atomic E-state index is 10.7. The van der Waals surface area contributed by atoms with Crippen molar-refractivity contribution in [3.63, 3.8) is 0 Å². The quantitative estimate of drug-likeness (QED) is 0.889. The summed E-state index contributed by atoms with van der Waals surface area (Å²) in [6.45, 7) is 0.992. The topological polar surface area (TPSA) is 23.5 Å². The second-order valence-corrected chi connectivity index (χ2v) is 5.23. The number of aliphatic hydroxyl groups excluding tert-OH is 1. The van der Waals surface area contributed by atoms with E-state index in [2.05, 4.69) is 36.2 Å². The van der Waals surface area contributed by atoms with Gasteiger partial charge in [0, 0.05) is 6.54 Å². The van der Waals surface area contributed by atoms with Gasteiger partial charge in [0.2, 0.25) is 0 Å². The third-order valence-electron chi connectivity index (χ3n) is 4.02. The van der Waals surface area contributed by atoms with E-state index in [1.54, 1.807) is 0 Å². The van der Waals surface area contributed by atoms with Crippen LogP contribution in [0.2, 0.25) is 0 Å². The molecule has 0 radical (unpaired) electrons. The highest BCUT2D eigenvalue weighted by atomic mass is 16.3. The number of rotatable bonds is 2. The highest BCUT2D eigenvalue weighted by Crippen LogP contribution is 2.37. The lowest BCUT2D eigenvalue weighted by atomic mass is 9.87. The van der Waals surface area contributed by atoms with Crippen molar-refractivity contribution in [2.75, 3.05) is 13.6 Å². The molecule has 0 spiro atoms. The Morgan fingerprint density at radius 1 is 1.05 bits per heavy atom. The summed E-state index contributed by atoms with van der Waals surface area (Å²) in [4.78, 5) is 2.25. The lowest BCUT2D eigenvalue weighted by Crippen LogP contribution is -2.35. The number of aliphatic hydroxyl groups is 1. The second kappa shape index (κ2) is 5.16. The maximum Gasteiger partial charge on any atom is 0.0986 e. The summed E-state index contributed by atoms with van der Waals surface area (Å²) in [5, 5.41) is 10.7. The second-order valence-electron chi connectivity index (χ2n) is 5.23. The molecule has 2 aromatic rings. The maximum atomic E-state index is 10.7. The fourth-order valence-corrected chi connectivity index (χ4v) is 2.97. The van der Waals surface area contributed by atoms with E-state index >= 15 is 0 Å². The summed E-state index contributed by atoms with van der Waals surface area (Å²) in [5.74, 6) is 0. The molecule has 3 rings (SSSR count). The van der Waals surface area contributed by atoms with Crippen LogP contribution in [-0.2, 0) is 6.42 Å². The Bertz CT molecular complexity index is 552. The Hall–Kier alpha value is -1.64. The number of fused-ring (bicyclic) bond motifs is 1. The van der Waals surface area contributed by atoms with Gasteiger partial charge in [-0.1, -0.05) is 54.6 Å². The predicted octanol–water partition coefficient (Wildman–Crippen LogP) is 2.95. The van der Waals surface area contributed by atoms with Gasteiger partial charge in [-0.05, 0) is 30.2 Å². The summed E-state index contributed by atoms with van der Waals surface area (Å²) in [5.41, 5.74) is 3.60. The van der Waals surface area contributed by atoms with Crippen molar-refractivity contribution in [3.8, 4) is 0 Å². The molecule has 19 heavy (non-hydrogen) atoms. The zero-order valence-electron chi connectivity index (χ0n) is 11.2. The van der Waals surface area contributed by atoms with Crippen LogP contribution >= 0.6 is 0 Å². The summed E-state index contributed by atoms with van der Waals surface area (Å²) in [6.07, 6.45) is 0.581. The molecule has 2 nitrogen and oxygen atoms in total. The van der Waals surface area contributed by atoms with E-state index in [4.69, 9.17) is 0 Å². The van der Waals surface area contributed by atoms with E-state index in [0.717, 1.165) is 18.5 Å². The van der Waals surface area contributed by atoms with Crippen LogP contribution < -0.4 is 0 Å². The fourth-order valence-electron chi connectivity index (χ4n) is 2.97. The predicted molar refractivity (Wildman–Crippen MR) is 76.9 cm³/mol. The number of hydrogen-bond donors (Lipinski definition) is 1. The smallest absolute Gasteiger partial charge is 0.0986 e. The number of likely N-dealkylation sites (N-methyl/N-ethyl adjacent to an activating group) is 1. The van der Waals surface area contributed by atoms with Gasteiger partial charge in [0.05, 0.1) is 12.1 Å². The first-order valence-corrected chi connectivity index (χ1v) is 6.78. The summed E-state index contributed by atoms with van der Waals surface area (Å²) in [6, 6.07) is 18.4. The molecule has 2 unspecified atom stereocenters. The minimum absolute atomic E-state index is 0.0485. The molecule has 0 aliphatic carbocycles. The van der Waals surface area contributed by atoms with E-state index < -0.39 is 6.10 Å². The number of nitrogens with zero attached hydrogens (tertiary/aromatic N) is 1. The first-order chi connectivity index (χ1) is 9.27. The van der Waals surface area contributed by atoms with Gasteiger partial charge in [-0.25, -0.2) is 0 Å². The minimum atomic E-state index is -0.479. The van der Waals surface area contributed by atoms with Gasteiger partial charge in [0.1, 0.15) is 0 Å². The van der Waals surface area contributed by atoms with Crippen molar-refractivity contribution in [1.29, 1.82) is 0 Å². The zero-order valence-corrected chi connectivity index (χ0v) is 11.2. The molecular formula is C17H19NO. The van der Waals surface area contributed by atoms with Crippen LogP contribution in [0.15, 0.2) is 54.6 Å². The van der Waals surface area contributed by atoms with Crippen molar-refractivity contribution in [1.82, 2.24) is 4.90 Å². The first-order valence-electron chi connectivity index (χ1n) is 6.78. The van der Waals surface area contributed by atoms with Gasteiger partial charge in [-0.2, -0.15) is 0 Å². The zero-order chi connectivity index (χ0) is 13.2. The summed E-state index contributed by atoms with van der Waals surface area (Å²) in [7, 11) is 2.09. The molecule has 1 N–H and O–H groups in total. The van der Waals surface area contributed by atoms with E-state index in [-0.39, 0.29) is 6.04 Å². The number of hydrogen-bond acceptors (Lipinski definition) is 2. The molecule has 2 atom stereocenters. The standard InChI is InChI=1S/C17H19NO/c1-18-12-11-13-7-5-6-10-15(13)16(18)17(19)14-8-3-2-4-9-14/h2-10,16-17,19H,11-12H2,1H3. The Labute approximate surface area is 114 Å². The monoisotopic (exact) mass is 253 g/mol. The molecule has 98 valence electrons. The number of benzene rings is 2. The van der Waals surface area contributed by atoms with Gasteiger partial charge in [0.15, 0.2) is 0 Å². The lowest BCUT2D eigenvalue weighted by molar-refractivity contribution is 0.0560. The van der Waals surface area contributed by atoms with Crippen LogP contribution in [0.3, 0.4) is 0 Å². The highest BCUT2D eigenvalue weighted by molar-refractivity contribution is 5.35. The third-order valence-corrected chi connectivity index (χ3v) is 4.02. The van der Waals surface area contributed by atoms with Crippen molar-refractivity contribution >= 4 is 0 Å². The van der Waals surface area contributed by atoms with Gasteiger partial charge in [0.25, 0.3) is 0 Å². The van der Waals surface area contributed by atoms with Crippen molar-refractivity contribution in [2.24, 2.45) is 0 Å². The largest absolute Gasteiger partial charge is 0.386 e. The molecule has 0 saturated heterocycles. The van der Waals surface area contributed by atoms with Crippen molar-refractivity contribution in [3.05, 3.63) is 71.3 Å². The molecule has 0 amide bonds. The van der Waals surface area contributed by atoms with Crippen molar-refractivity contribution in [2.45, 2.75) is 18.6 Å². The fraction of sp³-hybridized carbons (Fsp3) is 0.294. The van der Waals surface area contributed by atoms with Crippen LogP contribution in [-0.4, -0.2) is 23.6 Å². The SMILES string of the molecule is CN1CCc2ccccc2C1C(O)c1ccccc1. The molecule has 0 saturated carbocycles. The van der Waals surface area contributed by atoms with Crippen LogP contribution in [0.5, 0.6) is 0 Å². The Morgan fingerprint density at radius 2 is 1.74 bits per heavy atom. The minimum Gasteiger partial charge on any atom is -0.386 e. The highest BCUT2D eigenvalue weighted by Gasteiger charge is 2.31. The van der Waals surface area contributed by atoms with E-state index in [9.17, 15) is 5.11 Å². The van der Waals surface area contributed by atoms with Crippen LogP contribution in [0.25, 0.3) is 0 Å².